The largest absolute Gasteiger partial charge is 0.355 e. The topological polar surface area (TPSA) is 96.0 Å². The van der Waals surface area contributed by atoms with Gasteiger partial charge in [0.2, 0.25) is 0 Å². The summed E-state index contributed by atoms with van der Waals surface area (Å²) in [5.74, 6) is -2.02. The zero-order chi connectivity index (χ0) is 15.6. The number of hydrogen-bond donors (Lipinski definition) is 1. The van der Waals surface area contributed by atoms with Gasteiger partial charge in [0.15, 0.2) is 0 Å². The molecule has 2 fully saturated rings. The Morgan fingerprint density at radius 2 is 1.81 bits per heavy atom. The lowest BCUT2D eigenvalue weighted by molar-refractivity contribution is -0.201. The SMILES string of the molecule is CC(C)[C@@H](C(=O)ON1C(=O)CCC1=O)N1CCCNC1=O. The van der Waals surface area contributed by atoms with Gasteiger partial charge in [-0.25, -0.2) is 9.59 Å². The summed E-state index contributed by atoms with van der Waals surface area (Å²) < 4.78 is 0. The van der Waals surface area contributed by atoms with Gasteiger partial charge >= 0.3 is 12.0 Å². The molecule has 0 aromatic carbocycles. The molecule has 8 nitrogen and oxygen atoms in total. The molecule has 0 spiro atoms. The Morgan fingerprint density at radius 3 is 2.33 bits per heavy atom. The van der Waals surface area contributed by atoms with Crippen LogP contribution >= 0.6 is 0 Å². The summed E-state index contributed by atoms with van der Waals surface area (Å²) in [5.41, 5.74) is 0. The lowest BCUT2D eigenvalue weighted by atomic mass is 10.0. The van der Waals surface area contributed by atoms with Gasteiger partial charge in [-0.1, -0.05) is 13.8 Å². The van der Waals surface area contributed by atoms with Crippen LogP contribution in [0, 0.1) is 5.92 Å². The molecule has 21 heavy (non-hydrogen) atoms. The van der Waals surface area contributed by atoms with Gasteiger partial charge in [-0.05, 0) is 12.3 Å². The molecule has 2 aliphatic heterocycles. The van der Waals surface area contributed by atoms with Crippen LogP contribution in [0.15, 0.2) is 0 Å². The van der Waals surface area contributed by atoms with E-state index in [-0.39, 0.29) is 24.8 Å². The number of carbonyl (C=O) groups is 4. The van der Waals surface area contributed by atoms with Gasteiger partial charge in [0.1, 0.15) is 6.04 Å². The fourth-order valence-electron chi connectivity index (χ4n) is 2.47. The Balaban J connectivity index is 2.10. The van der Waals surface area contributed by atoms with E-state index >= 15 is 0 Å². The van der Waals surface area contributed by atoms with Gasteiger partial charge in [0, 0.05) is 25.9 Å². The van der Waals surface area contributed by atoms with Crippen LogP contribution in [0.25, 0.3) is 0 Å². The molecule has 2 saturated heterocycles. The summed E-state index contributed by atoms with van der Waals surface area (Å²) in [7, 11) is 0. The van der Waals surface area contributed by atoms with Crippen molar-refractivity contribution < 1.29 is 24.0 Å². The number of hydroxylamine groups is 2. The van der Waals surface area contributed by atoms with E-state index in [0.717, 1.165) is 6.42 Å². The predicted molar refractivity (Wildman–Crippen MR) is 70.5 cm³/mol. The zero-order valence-corrected chi connectivity index (χ0v) is 12.1. The average molecular weight is 297 g/mol. The first-order valence-electron chi connectivity index (χ1n) is 7.04. The summed E-state index contributed by atoms with van der Waals surface area (Å²) in [6.45, 7) is 4.56. The summed E-state index contributed by atoms with van der Waals surface area (Å²) in [6, 6.07) is -1.16. The first kappa shape index (κ1) is 15.3. The Kier molecular flexibility index (Phi) is 4.44. The van der Waals surface area contributed by atoms with Gasteiger partial charge in [-0.3, -0.25) is 9.59 Å². The highest BCUT2D eigenvalue weighted by atomic mass is 16.7. The molecule has 1 N–H and O–H groups in total. The third-order valence-electron chi connectivity index (χ3n) is 3.51. The van der Waals surface area contributed by atoms with Crippen LogP contribution in [0.2, 0.25) is 0 Å². The second kappa shape index (κ2) is 6.11. The van der Waals surface area contributed by atoms with E-state index in [4.69, 9.17) is 4.84 Å². The Labute approximate surface area is 122 Å². The molecule has 0 aromatic rings. The first-order valence-corrected chi connectivity index (χ1v) is 7.04. The van der Waals surface area contributed by atoms with Crippen molar-refractivity contribution >= 4 is 23.8 Å². The van der Waals surface area contributed by atoms with Gasteiger partial charge < -0.3 is 15.1 Å². The molecule has 2 aliphatic rings. The van der Waals surface area contributed by atoms with E-state index in [1.54, 1.807) is 13.8 Å². The molecule has 0 radical (unpaired) electrons. The maximum Gasteiger partial charge on any atom is 0.355 e. The number of urea groups is 1. The van der Waals surface area contributed by atoms with Crippen molar-refractivity contribution in [3.05, 3.63) is 0 Å². The Bertz CT molecular complexity index is 460. The van der Waals surface area contributed by atoms with Crippen LogP contribution < -0.4 is 5.32 Å². The van der Waals surface area contributed by atoms with Crippen LogP contribution in [0.1, 0.15) is 33.1 Å². The molecule has 4 amide bonds. The lowest BCUT2D eigenvalue weighted by Crippen LogP contribution is -2.56. The standard InChI is InChI=1S/C13H19N3O5/c1-8(2)11(15-7-3-6-14-13(15)20)12(19)21-16-9(17)4-5-10(16)18/h8,11H,3-7H2,1-2H3,(H,14,20)/t11-/m0/s1. The van der Waals surface area contributed by atoms with E-state index in [9.17, 15) is 19.2 Å². The highest BCUT2D eigenvalue weighted by Crippen LogP contribution is 2.19. The number of hydrogen-bond acceptors (Lipinski definition) is 5. The fraction of sp³-hybridized carbons (Fsp3) is 0.692. The summed E-state index contributed by atoms with van der Waals surface area (Å²) >= 11 is 0. The van der Waals surface area contributed by atoms with Crippen LogP contribution in [0.5, 0.6) is 0 Å². The van der Waals surface area contributed by atoms with Crippen LogP contribution in [0.3, 0.4) is 0 Å². The minimum absolute atomic E-state index is 0.0443. The summed E-state index contributed by atoms with van der Waals surface area (Å²) in [4.78, 5) is 53.5. The Hall–Kier alpha value is -2.12. The minimum Gasteiger partial charge on any atom is -0.338 e. The van der Waals surface area contributed by atoms with Crippen molar-refractivity contribution in [2.24, 2.45) is 5.92 Å². The minimum atomic E-state index is -0.827. The quantitative estimate of drug-likeness (QED) is 0.739. The average Bonchev–Trinajstić information content (AvgIpc) is 2.73. The molecule has 0 unspecified atom stereocenters. The molecule has 0 aromatic heterocycles. The maximum absolute atomic E-state index is 12.3. The molecule has 0 aliphatic carbocycles. The lowest BCUT2D eigenvalue weighted by Gasteiger charge is -2.35. The van der Waals surface area contributed by atoms with E-state index in [1.807, 2.05) is 0 Å². The molecule has 0 saturated carbocycles. The van der Waals surface area contributed by atoms with Gasteiger partial charge in [-0.2, -0.15) is 0 Å². The van der Waals surface area contributed by atoms with Crippen molar-refractivity contribution in [2.75, 3.05) is 13.1 Å². The molecule has 116 valence electrons. The van der Waals surface area contributed by atoms with Gasteiger partial charge in [-0.15, -0.1) is 5.06 Å². The molecule has 1 atom stereocenters. The van der Waals surface area contributed by atoms with E-state index in [2.05, 4.69) is 5.32 Å². The zero-order valence-electron chi connectivity index (χ0n) is 12.1. The van der Waals surface area contributed by atoms with E-state index in [0.29, 0.717) is 18.2 Å². The van der Waals surface area contributed by atoms with E-state index < -0.39 is 23.8 Å². The number of amides is 4. The Morgan fingerprint density at radius 1 is 1.19 bits per heavy atom. The summed E-state index contributed by atoms with van der Waals surface area (Å²) in [5, 5.41) is 3.18. The van der Waals surface area contributed by atoms with Crippen LogP contribution in [0.4, 0.5) is 4.79 Å². The third-order valence-corrected chi connectivity index (χ3v) is 3.51. The maximum atomic E-state index is 12.3. The molecular weight excluding hydrogens is 278 g/mol. The second-order valence-electron chi connectivity index (χ2n) is 5.46. The molecule has 0 bridgehead atoms. The normalized spacial score (nSPS) is 20.8. The van der Waals surface area contributed by atoms with Gasteiger partial charge in [0.05, 0.1) is 0 Å². The number of carbonyl (C=O) groups excluding carboxylic acids is 4. The van der Waals surface area contributed by atoms with Crippen molar-refractivity contribution in [1.29, 1.82) is 0 Å². The van der Waals surface area contributed by atoms with E-state index in [1.165, 1.54) is 4.90 Å². The number of nitrogens with zero attached hydrogens (tertiary/aromatic N) is 2. The molecule has 8 heteroatoms. The molecule has 2 rings (SSSR count). The molecular formula is C13H19N3O5. The van der Waals surface area contributed by atoms with Crippen molar-refractivity contribution in [2.45, 2.75) is 39.2 Å². The summed E-state index contributed by atoms with van der Waals surface area (Å²) in [6.07, 6.45) is 0.815. The highest BCUT2D eigenvalue weighted by molar-refractivity contribution is 6.02. The number of imide groups is 1. The smallest absolute Gasteiger partial charge is 0.338 e. The first-order chi connectivity index (χ1) is 9.91. The van der Waals surface area contributed by atoms with Crippen molar-refractivity contribution in [3.8, 4) is 0 Å². The number of rotatable bonds is 4. The fourth-order valence-corrected chi connectivity index (χ4v) is 2.47. The third kappa shape index (κ3) is 3.14. The van der Waals surface area contributed by atoms with Crippen molar-refractivity contribution in [3.63, 3.8) is 0 Å². The molecule has 2 heterocycles. The second-order valence-corrected chi connectivity index (χ2v) is 5.46. The predicted octanol–water partition coefficient (Wildman–Crippen LogP) is 0.0335. The monoisotopic (exact) mass is 297 g/mol. The van der Waals surface area contributed by atoms with Crippen molar-refractivity contribution in [1.82, 2.24) is 15.3 Å². The van der Waals surface area contributed by atoms with Gasteiger partial charge in [0.25, 0.3) is 11.8 Å². The highest BCUT2D eigenvalue weighted by Gasteiger charge is 2.39. The van der Waals surface area contributed by atoms with Crippen LogP contribution in [-0.2, 0) is 19.2 Å². The number of nitrogens with one attached hydrogen (secondary N) is 1. The van der Waals surface area contributed by atoms with Crippen LogP contribution in [-0.4, -0.2) is 52.9 Å².